The van der Waals surface area contributed by atoms with Gasteiger partial charge in [-0.1, -0.05) is 60.7 Å². The Balaban J connectivity index is 2.09. The number of nitrogens with zero attached hydrogens (tertiary/aromatic N) is 3. The summed E-state index contributed by atoms with van der Waals surface area (Å²) < 4.78 is 0. The molecule has 0 bridgehead atoms. The van der Waals surface area contributed by atoms with E-state index in [0.717, 1.165) is 37.5 Å². The van der Waals surface area contributed by atoms with Crippen LogP contribution in [-0.2, 0) is 0 Å². The van der Waals surface area contributed by atoms with Gasteiger partial charge in [0.2, 0.25) is 0 Å². The molecule has 2 heterocycles. The zero-order valence-electron chi connectivity index (χ0n) is 13.8. The van der Waals surface area contributed by atoms with Gasteiger partial charge >= 0.3 is 0 Å². The SMILES string of the molecule is N#C/C=C/c1sc2nnc(-c3ccccc3)c(-c3ccccc3)c2c1N. The van der Waals surface area contributed by atoms with Crippen LogP contribution in [0.25, 0.3) is 38.7 Å². The van der Waals surface area contributed by atoms with Crippen LogP contribution in [0.1, 0.15) is 4.88 Å². The summed E-state index contributed by atoms with van der Waals surface area (Å²) in [5.74, 6) is 0. The number of nitrogens with two attached hydrogens (primary N) is 1. The Morgan fingerprint density at radius 2 is 1.58 bits per heavy atom. The van der Waals surface area contributed by atoms with Gasteiger partial charge in [-0.3, -0.25) is 0 Å². The standard InChI is InChI=1S/C21H14N4S/c22-13-7-12-16-19(23)18-17(14-8-3-1-4-9-14)20(24-25-21(18)26-16)15-10-5-2-6-11-15/h1-12H,23H2/b12-7+. The van der Waals surface area contributed by atoms with E-state index in [9.17, 15) is 0 Å². The quantitative estimate of drug-likeness (QED) is 0.517. The van der Waals surface area contributed by atoms with E-state index in [2.05, 4.69) is 10.2 Å². The van der Waals surface area contributed by atoms with Crippen molar-refractivity contribution in [3.8, 4) is 28.5 Å². The first-order chi connectivity index (χ1) is 12.8. The number of hydrogen-bond donors (Lipinski definition) is 1. The van der Waals surface area contributed by atoms with E-state index >= 15 is 0 Å². The van der Waals surface area contributed by atoms with Gasteiger partial charge in [-0.25, -0.2) is 0 Å². The van der Waals surface area contributed by atoms with Crippen molar-refractivity contribution < 1.29 is 0 Å². The molecule has 2 aromatic carbocycles. The van der Waals surface area contributed by atoms with Crippen LogP contribution < -0.4 is 5.73 Å². The molecular formula is C21H14N4S. The minimum Gasteiger partial charge on any atom is -0.397 e. The molecule has 0 spiro atoms. The van der Waals surface area contributed by atoms with E-state index in [1.165, 1.54) is 17.4 Å². The van der Waals surface area contributed by atoms with Gasteiger partial charge < -0.3 is 5.73 Å². The normalized spacial score (nSPS) is 11.0. The molecule has 124 valence electrons. The van der Waals surface area contributed by atoms with Gasteiger partial charge in [0.05, 0.1) is 16.6 Å². The highest BCUT2D eigenvalue weighted by Gasteiger charge is 2.19. The third-order valence-electron chi connectivity index (χ3n) is 4.10. The summed E-state index contributed by atoms with van der Waals surface area (Å²) in [7, 11) is 0. The summed E-state index contributed by atoms with van der Waals surface area (Å²) >= 11 is 1.44. The summed E-state index contributed by atoms with van der Waals surface area (Å²) in [5, 5.41) is 18.6. The molecule has 0 amide bonds. The fraction of sp³-hybridized carbons (Fsp3) is 0. The van der Waals surface area contributed by atoms with Gasteiger partial charge in [0.25, 0.3) is 0 Å². The predicted octanol–water partition coefficient (Wildman–Crippen LogP) is 5.14. The minimum absolute atomic E-state index is 0.627. The molecule has 2 N–H and O–H groups in total. The van der Waals surface area contributed by atoms with Crippen LogP contribution >= 0.6 is 11.3 Å². The largest absolute Gasteiger partial charge is 0.397 e. The number of nitriles is 1. The summed E-state index contributed by atoms with van der Waals surface area (Å²) in [4.78, 5) is 1.58. The van der Waals surface area contributed by atoms with Gasteiger partial charge in [-0.05, 0) is 11.6 Å². The monoisotopic (exact) mass is 354 g/mol. The van der Waals surface area contributed by atoms with Crippen molar-refractivity contribution in [2.45, 2.75) is 0 Å². The first-order valence-electron chi connectivity index (χ1n) is 8.05. The van der Waals surface area contributed by atoms with Gasteiger partial charge in [0, 0.05) is 22.6 Å². The lowest BCUT2D eigenvalue weighted by atomic mass is 9.96. The van der Waals surface area contributed by atoms with Crippen molar-refractivity contribution in [2.75, 3.05) is 5.73 Å². The number of anilines is 1. The van der Waals surface area contributed by atoms with E-state index < -0.39 is 0 Å². The molecule has 0 saturated carbocycles. The van der Waals surface area contributed by atoms with Crippen LogP contribution in [0, 0.1) is 11.3 Å². The van der Waals surface area contributed by atoms with E-state index in [4.69, 9.17) is 11.0 Å². The zero-order valence-corrected chi connectivity index (χ0v) is 14.6. The smallest absolute Gasteiger partial charge is 0.149 e. The molecule has 0 saturated heterocycles. The summed E-state index contributed by atoms with van der Waals surface area (Å²) in [5.41, 5.74) is 10.9. The van der Waals surface area contributed by atoms with Crippen LogP contribution in [0.4, 0.5) is 5.69 Å². The fourth-order valence-electron chi connectivity index (χ4n) is 2.95. The molecule has 26 heavy (non-hydrogen) atoms. The molecular weight excluding hydrogens is 340 g/mol. The highest BCUT2D eigenvalue weighted by molar-refractivity contribution is 7.20. The highest BCUT2D eigenvalue weighted by atomic mass is 32.1. The van der Waals surface area contributed by atoms with Gasteiger partial charge in [0.1, 0.15) is 10.5 Å². The number of thiophene rings is 1. The topological polar surface area (TPSA) is 75.6 Å². The van der Waals surface area contributed by atoms with Crippen LogP contribution in [0.3, 0.4) is 0 Å². The Morgan fingerprint density at radius 3 is 2.23 bits per heavy atom. The molecule has 2 aromatic heterocycles. The zero-order chi connectivity index (χ0) is 17.9. The maximum atomic E-state index is 8.82. The second-order valence-electron chi connectivity index (χ2n) is 5.68. The molecule has 5 heteroatoms. The highest BCUT2D eigenvalue weighted by Crippen LogP contribution is 2.43. The van der Waals surface area contributed by atoms with E-state index in [0.29, 0.717) is 5.69 Å². The molecule has 0 aliphatic carbocycles. The van der Waals surface area contributed by atoms with Gasteiger partial charge in [0.15, 0.2) is 0 Å². The van der Waals surface area contributed by atoms with Crippen molar-refractivity contribution >= 4 is 33.3 Å². The molecule has 4 nitrogen and oxygen atoms in total. The summed E-state index contributed by atoms with van der Waals surface area (Å²) in [6.07, 6.45) is 3.15. The lowest BCUT2D eigenvalue weighted by Gasteiger charge is -2.10. The Bertz CT molecular complexity index is 1140. The van der Waals surface area contributed by atoms with Crippen LogP contribution in [0.2, 0.25) is 0 Å². The average molecular weight is 354 g/mol. The molecule has 4 aromatic rings. The Labute approximate surface area is 154 Å². The van der Waals surface area contributed by atoms with Crippen molar-refractivity contribution in [1.29, 1.82) is 5.26 Å². The minimum atomic E-state index is 0.627. The maximum absolute atomic E-state index is 8.82. The Hall–Kier alpha value is -3.49. The Kier molecular flexibility index (Phi) is 4.18. The third kappa shape index (κ3) is 2.73. The van der Waals surface area contributed by atoms with E-state index in [1.54, 1.807) is 6.08 Å². The molecule has 4 rings (SSSR count). The third-order valence-corrected chi connectivity index (χ3v) is 5.16. The van der Waals surface area contributed by atoms with Crippen molar-refractivity contribution in [3.05, 3.63) is 71.6 Å². The Morgan fingerprint density at radius 1 is 0.923 bits per heavy atom. The molecule has 0 atom stereocenters. The summed E-state index contributed by atoms with van der Waals surface area (Å²) in [6.45, 7) is 0. The molecule has 0 fully saturated rings. The predicted molar refractivity (Wildman–Crippen MR) is 107 cm³/mol. The second-order valence-corrected chi connectivity index (χ2v) is 6.71. The lowest BCUT2D eigenvalue weighted by molar-refractivity contribution is 1.09. The summed E-state index contributed by atoms with van der Waals surface area (Å²) in [6, 6.07) is 22.0. The van der Waals surface area contributed by atoms with Gasteiger partial charge in [-0.2, -0.15) is 5.26 Å². The molecule has 0 unspecified atom stereocenters. The average Bonchev–Trinajstić information content (AvgIpc) is 3.03. The molecule has 0 aliphatic rings. The number of hydrogen-bond acceptors (Lipinski definition) is 5. The van der Waals surface area contributed by atoms with Crippen molar-refractivity contribution in [1.82, 2.24) is 10.2 Å². The second kappa shape index (κ2) is 6.79. The first kappa shape index (κ1) is 16.0. The number of nitrogen functional groups attached to an aromatic ring is 1. The fourth-order valence-corrected chi connectivity index (χ4v) is 3.90. The van der Waals surface area contributed by atoms with Crippen molar-refractivity contribution in [2.24, 2.45) is 0 Å². The van der Waals surface area contributed by atoms with Crippen LogP contribution in [0.15, 0.2) is 66.7 Å². The number of fused-ring (bicyclic) bond motifs is 1. The maximum Gasteiger partial charge on any atom is 0.149 e. The number of benzene rings is 2. The number of rotatable bonds is 3. The van der Waals surface area contributed by atoms with Crippen LogP contribution in [0.5, 0.6) is 0 Å². The van der Waals surface area contributed by atoms with Crippen LogP contribution in [-0.4, -0.2) is 10.2 Å². The lowest BCUT2D eigenvalue weighted by Crippen LogP contribution is -1.95. The van der Waals surface area contributed by atoms with Gasteiger partial charge in [-0.15, -0.1) is 21.5 Å². The molecule has 0 aliphatic heterocycles. The van der Waals surface area contributed by atoms with Crippen molar-refractivity contribution in [3.63, 3.8) is 0 Å². The number of allylic oxidation sites excluding steroid dienone is 1. The first-order valence-corrected chi connectivity index (χ1v) is 8.87. The van der Waals surface area contributed by atoms with E-state index in [1.807, 2.05) is 66.7 Å². The van der Waals surface area contributed by atoms with E-state index in [-0.39, 0.29) is 0 Å². The molecule has 0 radical (unpaired) electrons. The number of aromatic nitrogens is 2.